The topological polar surface area (TPSA) is 73.8 Å². The van der Waals surface area contributed by atoms with E-state index in [1.807, 2.05) is 0 Å². The van der Waals surface area contributed by atoms with Gasteiger partial charge in [-0.1, -0.05) is 28.9 Å². The Hall–Kier alpha value is -2.47. The zero-order valence-corrected chi connectivity index (χ0v) is 11.0. The molecule has 0 amide bonds. The molecule has 2 aromatic carbocycles. The molecule has 0 unspecified atom stereocenters. The molecule has 0 saturated carbocycles. The third kappa shape index (κ3) is 2.33. The Labute approximate surface area is 118 Å². The number of non-ortho nitro benzene ring substituents is 1. The molecule has 1 aromatic heterocycles. The van der Waals surface area contributed by atoms with Crippen LogP contribution in [0, 0.1) is 10.1 Å². The predicted molar refractivity (Wildman–Crippen MR) is 74.7 cm³/mol. The SMILES string of the molecule is O=[N+]([O-])c1ccc(Cn2nnc3ccc(Cl)cc32)cc1. The van der Waals surface area contributed by atoms with E-state index in [0.717, 1.165) is 16.6 Å². The van der Waals surface area contributed by atoms with E-state index < -0.39 is 4.92 Å². The second kappa shape index (κ2) is 4.90. The first kappa shape index (κ1) is 12.6. The first-order valence-corrected chi connectivity index (χ1v) is 6.23. The number of hydrogen-bond donors (Lipinski definition) is 0. The number of halogens is 1. The maximum absolute atomic E-state index is 10.6. The van der Waals surface area contributed by atoms with Gasteiger partial charge in [0.25, 0.3) is 5.69 Å². The molecule has 20 heavy (non-hydrogen) atoms. The van der Waals surface area contributed by atoms with Gasteiger partial charge in [0.2, 0.25) is 0 Å². The Balaban J connectivity index is 1.92. The minimum Gasteiger partial charge on any atom is -0.258 e. The lowest BCUT2D eigenvalue weighted by Gasteiger charge is -2.02. The number of nitrogens with zero attached hydrogens (tertiary/aromatic N) is 4. The van der Waals surface area contributed by atoms with Crippen LogP contribution >= 0.6 is 11.6 Å². The van der Waals surface area contributed by atoms with E-state index in [2.05, 4.69) is 10.3 Å². The predicted octanol–water partition coefficient (Wildman–Crippen LogP) is 3.04. The van der Waals surface area contributed by atoms with Crippen LogP contribution in [0.15, 0.2) is 42.5 Å². The summed E-state index contributed by atoms with van der Waals surface area (Å²) in [5.41, 5.74) is 2.56. The molecule has 0 aliphatic heterocycles. The van der Waals surface area contributed by atoms with Crippen LogP contribution in [0.4, 0.5) is 5.69 Å². The molecule has 0 fully saturated rings. The fraction of sp³-hybridized carbons (Fsp3) is 0.0769. The van der Waals surface area contributed by atoms with Crippen LogP contribution in [0.25, 0.3) is 11.0 Å². The summed E-state index contributed by atoms with van der Waals surface area (Å²) in [5, 5.41) is 19.3. The lowest BCUT2D eigenvalue weighted by molar-refractivity contribution is -0.384. The second-order valence-electron chi connectivity index (χ2n) is 4.30. The summed E-state index contributed by atoms with van der Waals surface area (Å²) in [7, 11) is 0. The number of nitro benzene ring substituents is 1. The molecule has 0 aliphatic rings. The molecule has 3 aromatic rings. The minimum atomic E-state index is -0.422. The molecular formula is C13H9ClN4O2. The van der Waals surface area contributed by atoms with Crippen molar-refractivity contribution in [2.75, 3.05) is 0 Å². The highest BCUT2D eigenvalue weighted by atomic mass is 35.5. The molecular weight excluding hydrogens is 280 g/mol. The summed E-state index contributed by atoms with van der Waals surface area (Å²) in [6, 6.07) is 11.7. The standard InChI is InChI=1S/C13H9ClN4O2/c14-10-3-6-12-13(7-10)17(16-15-12)8-9-1-4-11(5-2-9)18(19)20/h1-7H,8H2. The van der Waals surface area contributed by atoms with Crippen molar-refractivity contribution in [2.45, 2.75) is 6.54 Å². The van der Waals surface area contributed by atoms with Gasteiger partial charge in [-0.05, 0) is 23.8 Å². The van der Waals surface area contributed by atoms with Crippen LogP contribution in [0.1, 0.15) is 5.56 Å². The number of benzene rings is 2. The van der Waals surface area contributed by atoms with Crippen molar-refractivity contribution in [3.63, 3.8) is 0 Å². The third-order valence-corrected chi connectivity index (χ3v) is 3.19. The summed E-state index contributed by atoms with van der Waals surface area (Å²) >= 11 is 5.96. The second-order valence-corrected chi connectivity index (χ2v) is 4.74. The summed E-state index contributed by atoms with van der Waals surface area (Å²) in [6.45, 7) is 0.481. The molecule has 7 heteroatoms. The van der Waals surface area contributed by atoms with Crippen LogP contribution in [-0.2, 0) is 6.54 Å². The van der Waals surface area contributed by atoms with Gasteiger partial charge in [-0.3, -0.25) is 10.1 Å². The third-order valence-electron chi connectivity index (χ3n) is 2.96. The number of hydrogen-bond acceptors (Lipinski definition) is 4. The van der Waals surface area contributed by atoms with Gasteiger partial charge >= 0.3 is 0 Å². The van der Waals surface area contributed by atoms with Gasteiger partial charge in [0.05, 0.1) is 17.0 Å². The Morgan fingerprint density at radius 2 is 1.95 bits per heavy atom. The van der Waals surface area contributed by atoms with Gasteiger partial charge in [0.1, 0.15) is 5.52 Å². The quantitative estimate of drug-likeness (QED) is 0.548. The van der Waals surface area contributed by atoms with Crippen molar-refractivity contribution in [1.29, 1.82) is 0 Å². The van der Waals surface area contributed by atoms with Crippen molar-refractivity contribution in [3.05, 3.63) is 63.2 Å². The number of aromatic nitrogens is 3. The van der Waals surface area contributed by atoms with Crippen molar-refractivity contribution in [3.8, 4) is 0 Å². The molecule has 0 radical (unpaired) electrons. The smallest absolute Gasteiger partial charge is 0.258 e. The first-order valence-electron chi connectivity index (χ1n) is 5.85. The van der Waals surface area contributed by atoms with E-state index in [9.17, 15) is 10.1 Å². The Morgan fingerprint density at radius 1 is 1.20 bits per heavy atom. The van der Waals surface area contributed by atoms with Crippen molar-refractivity contribution in [2.24, 2.45) is 0 Å². The summed E-state index contributed by atoms with van der Waals surface area (Å²) in [4.78, 5) is 10.2. The van der Waals surface area contributed by atoms with Crippen LogP contribution in [-0.4, -0.2) is 19.9 Å². The van der Waals surface area contributed by atoms with Crippen LogP contribution in [0.3, 0.4) is 0 Å². The lowest BCUT2D eigenvalue weighted by Crippen LogP contribution is -2.02. The Morgan fingerprint density at radius 3 is 2.65 bits per heavy atom. The summed E-state index contributed by atoms with van der Waals surface area (Å²) in [5.74, 6) is 0. The lowest BCUT2D eigenvalue weighted by atomic mass is 10.2. The van der Waals surface area contributed by atoms with Gasteiger partial charge in [0.15, 0.2) is 0 Å². The fourth-order valence-corrected chi connectivity index (χ4v) is 2.12. The molecule has 0 spiro atoms. The van der Waals surface area contributed by atoms with Crippen molar-refractivity contribution < 1.29 is 4.92 Å². The number of rotatable bonds is 3. The van der Waals surface area contributed by atoms with E-state index in [-0.39, 0.29) is 5.69 Å². The molecule has 0 atom stereocenters. The molecule has 3 rings (SSSR count). The Kier molecular flexibility index (Phi) is 3.08. The monoisotopic (exact) mass is 288 g/mol. The largest absolute Gasteiger partial charge is 0.269 e. The maximum Gasteiger partial charge on any atom is 0.269 e. The van der Waals surface area contributed by atoms with Gasteiger partial charge in [-0.25, -0.2) is 4.68 Å². The molecule has 0 saturated heterocycles. The fourth-order valence-electron chi connectivity index (χ4n) is 1.95. The van der Waals surface area contributed by atoms with E-state index in [1.165, 1.54) is 12.1 Å². The highest BCUT2D eigenvalue weighted by Gasteiger charge is 2.08. The molecule has 6 nitrogen and oxygen atoms in total. The average Bonchev–Trinajstić information content (AvgIpc) is 2.82. The number of fused-ring (bicyclic) bond motifs is 1. The van der Waals surface area contributed by atoms with E-state index in [4.69, 9.17) is 11.6 Å². The van der Waals surface area contributed by atoms with E-state index >= 15 is 0 Å². The highest BCUT2D eigenvalue weighted by Crippen LogP contribution is 2.19. The number of nitro groups is 1. The first-order chi connectivity index (χ1) is 9.63. The van der Waals surface area contributed by atoms with Gasteiger partial charge in [-0.15, -0.1) is 5.10 Å². The molecule has 100 valence electrons. The average molecular weight is 289 g/mol. The molecule has 0 aliphatic carbocycles. The van der Waals surface area contributed by atoms with Crippen LogP contribution < -0.4 is 0 Å². The Bertz CT molecular complexity index is 783. The van der Waals surface area contributed by atoms with Gasteiger partial charge in [0, 0.05) is 17.2 Å². The molecule has 0 bridgehead atoms. The van der Waals surface area contributed by atoms with E-state index in [1.54, 1.807) is 35.0 Å². The van der Waals surface area contributed by atoms with Crippen molar-refractivity contribution in [1.82, 2.24) is 15.0 Å². The van der Waals surface area contributed by atoms with E-state index in [0.29, 0.717) is 11.6 Å². The summed E-state index contributed by atoms with van der Waals surface area (Å²) in [6.07, 6.45) is 0. The highest BCUT2D eigenvalue weighted by molar-refractivity contribution is 6.31. The van der Waals surface area contributed by atoms with Gasteiger partial charge in [-0.2, -0.15) is 0 Å². The summed E-state index contributed by atoms with van der Waals surface area (Å²) < 4.78 is 1.71. The normalized spacial score (nSPS) is 10.8. The molecule has 0 N–H and O–H groups in total. The van der Waals surface area contributed by atoms with Crippen LogP contribution in [0.5, 0.6) is 0 Å². The zero-order chi connectivity index (χ0) is 14.1. The van der Waals surface area contributed by atoms with Crippen LogP contribution in [0.2, 0.25) is 5.02 Å². The maximum atomic E-state index is 10.6. The van der Waals surface area contributed by atoms with Gasteiger partial charge < -0.3 is 0 Å². The van der Waals surface area contributed by atoms with Crippen molar-refractivity contribution >= 4 is 28.3 Å². The minimum absolute atomic E-state index is 0.0697. The molecule has 1 heterocycles. The zero-order valence-electron chi connectivity index (χ0n) is 10.2.